The first kappa shape index (κ1) is 22.4. The number of carbonyl (C=O) groups excluding carboxylic acids is 1. The fourth-order valence-electron chi connectivity index (χ4n) is 2.21. The third kappa shape index (κ3) is 5.94. The van der Waals surface area contributed by atoms with Crippen LogP contribution in [0.4, 0.5) is 11.4 Å². The largest absolute Gasteiger partial charge is 0.330 e. The second kappa shape index (κ2) is 9.86. The highest BCUT2D eigenvalue weighted by atomic mass is 35.5. The van der Waals surface area contributed by atoms with Crippen LogP contribution in [0.2, 0.25) is 0 Å². The average molecular weight is 419 g/mol. The number of aromatic nitrogens is 1. The van der Waals surface area contributed by atoms with Gasteiger partial charge in [0.1, 0.15) is 5.69 Å². The number of hydrogen-bond donors (Lipinski definition) is 3. The number of nitrogens with two attached hydrogens (primary N) is 1. The molecule has 10 heteroatoms. The van der Waals surface area contributed by atoms with Crippen molar-refractivity contribution in [3.63, 3.8) is 0 Å². The summed E-state index contributed by atoms with van der Waals surface area (Å²) in [4.78, 5) is 16.6. The van der Waals surface area contributed by atoms with Gasteiger partial charge in [-0.3, -0.25) is 9.52 Å². The van der Waals surface area contributed by atoms with Gasteiger partial charge in [0.05, 0.1) is 16.4 Å². The molecule has 0 aliphatic heterocycles. The molecule has 144 valence electrons. The van der Waals surface area contributed by atoms with Crippen LogP contribution in [-0.4, -0.2) is 31.6 Å². The summed E-state index contributed by atoms with van der Waals surface area (Å²) in [5.41, 5.74) is 7.45. The fraction of sp³-hybridized carbons (Fsp3) is 0.375. The van der Waals surface area contributed by atoms with E-state index in [1.54, 1.807) is 37.4 Å². The van der Waals surface area contributed by atoms with Crippen molar-refractivity contribution < 1.29 is 13.2 Å². The van der Waals surface area contributed by atoms with Crippen molar-refractivity contribution in [3.8, 4) is 0 Å². The molecule has 0 saturated heterocycles. The summed E-state index contributed by atoms with van der Waals surface area (Å²) >= 11 is 1.39. The third-order valence-electron chi connectivity index (χ3n) is 3.46. The Balaban J connectivity index is 0.00000338. The molecule has 7 nitrogen and oxygen atoms in total. The number of sulfonamides is 1. The maximum atomic E-state index is 12.3. The summed E-state index contributed by atoms with van der Waals surface area (Å²) in [6.07, 6.45) is 1.16. The van der Waals surface area contributed by atoms with Crippen LogP contribution in [0.1, 0.15) is 34.4 Å². The lowest BCUT2D eigenvalue weighted by atomic mass is 10.1. The number of nitrogens with one attached hydrogen (secondary N) is 2. The van der Waals surface area contributed by atoms with E-state index < -0.39 is 10.0 Å². The van der Waals surface area contributed by atoms with Crippen LogP contribution in [-0.2, 0) is 16.4 Å². The highest BCUT2D eigenvalue weighted by molar-refractivity contribution is 7.92. The molecule has 0 bridgehead atoms. The van der Waals surface area contributed by atoms with Gasteiger partial charge < -0.3 is 11.1 Å². The summed E-state index contributed by atoms with van der Waals surface area (Å²) in [6.45, 7) is 4.03. The summed E-state index contributed by atoms with van der Waals surface area (Å²) in [5.74, 6) is -0.289. The van der Waals surface area contributed by atoms with Crippen molar-refractivity contribution in [2.24, 2.45) is 5.73 Å². The van der Waals surface area contributed by atoms with E-state index in [1.807, 2.05) is 0 Å². The molecule has 2 aromatic rings. The first-order valence-electron chi connectivity index (χ1n) is 7.92. The van der Waals surface area contributed by atoms with Crippen molar-refractivity contribution in [1.29, 1.82) is 0 Å². The molecular formula is C16H23ClN4O3S2. The number of rotatable bonds is 8. The number of hydrogen-bond acceptors (Lipinski definition) is 6. The molecular weight excluding hydrogens is 396 g/mol. The second-order valence-electron chi connectivity index (χ2n) is 5.52. The van der Waals surface area contributed by atoms with E-state index in [0.29, 0.717) is 42.0 Å². The van der Waals surface area contributed by atoms with Crippen molar-refractivity contribution in [2.75, 3.05) is 22.3 Å². The highest BCUT2D eigenvalue weighted by Crippen LogP contribution is 2.25. The Morgan fingerprint density at radius 3 is 2.65 bits per heavy atom. The van der Waals surface area contributed by atoms with Crippen molar-refractivity contribution in [2.45, 2.75) is 26.7 Å². The van der Waals surface area contributed by atoms with Gasteiger partial charge in [-0.15, -0.1) is 23.7 Å². The Morgan fingerprint density at radius 1 is 1.31 bits per heavy atom. The number of anilines is 2. The molecule has 0 spiro atoms. The van der Waals surface area contributed by atoms with E-state index in [0.717, 1.165) is 5.01 Å². The monoisotopic (exact) mass is 418 g/mol. The van der Waals surface area contributed by atoms with Crippen molar-refractivity contribution in [3.05, 3.63) is 39.8 Å². The Morgan fingerprint density at radius 2 is 2.00 bits per heavy atom. The molecule has 1 aromatic carbocycles. The van der Waals surface area contributed by atoms with E-state index in [9.17, 15) is 13.2 Å². The molecule has 1 amide bonds. The molecule has 26 heavy (non-hydrogen) atoms. The molecule has 2 rings (SSSR count). The number of halogens is 1. The van der Waals surface area contributed by atoms with Crippen LogP contribution in [0.25, 0.3) is 0 Å². The maximum Gasteiger partial charge on any atom is 0.275 e. The Hall–Kier alpha value is -1.68. The quantitative estimate of drug-likeness (QED) is 0.609. The Kier molecular flexibility index (Phi) is 8.48. The Bertz CT molecular complexity index is 853. The van der Waals surface area contributed by atoms with E-state index in [1.165, 1.54) is 11.3 Å². The van der Waals surface area contributed by atoms with E-state index in [4.69, 9.17) is 5.73 Å². The van der Waals surface area contributed by atoms with Gasteiger partial charge in [0, 0.05) is 17.5 Å². The lowest BCUT2D eigenvalue weighted by molar-refractivity contribution is 0.102. The van der Waals surface area contributed by atoms with Gasteiger partial charge in [0.25, 0.3) is 5.91 Å². The topological polar surface area (TPSA) is 114 Å². The summed E-state index contributed by atoms with van der Waals surface area (Å²) in [7, 11) is -3.39. The predicted octanol–water partition coefficient (Wildman–Crippen LogP) is 2.78. The third-order valence-corrected chi connectivity index (χ3v) is 5.85. The molecule has 1 aromatic heterocycles. The highest BCUT2D eigenvalue weighted by Gasteiger charge is 2.15. The second-order valence-corrected chi connectivity index (χ2v) is 8.30. The van der Waals surface area contributed by atoms with Crippen LogP contribution >= 0.6 is 23.7 Å². The zero-order chi connectivity index (χ0) is 18.4. The number of carbonyl (C=O) groups is 1. The number of amides is 1. The zero-order valence-electron chi connectivity index (χ0n) is 14.6. The molecule has 0 fully saturated rings. The lowest BCUT2D eigenvalue weighted by Crippen LogP contribution is -2.18. The van der Waals surface area contributed by atoms with Gasteiger partial charge in [-0.1, -0.05) is 13.0 Å². The molecule has 0 saturated carbocycles. The normalized spacial score (nSPS) is 10.9. The summed E-state index contributed by atoms with van der Waals surface area (Å²) < 4.78 is 26.5. The first-order chi connectivity index (χ1) is 11.9. The van der Waals surface area contributed by atoms with Gasteiger partial charge in [0.2, 0.25) is 10.0 Å². The van der Waals surface area contributed by atoms with Crippen LogP contribution in [0.15, 0.2) is 23.6 Å². The van der Waals surface area contributed by atoms with E-state index >= 15 is 0 Å². The fourth-order valence-corrected chi connectivity index (χ4v) is 4.20. The summed E-state index contributed by atoms with van der Waals surface area (Å²) in [6, 6.07) is 5.08. The minimum atomic E-state index is -3.39. The SMILES string of the molecule is CCCS(=O)(=O)Nc1cccc(NC(=O)c2csc(CCN)n2)c1C.Cl. The van der Waals surface area contributed by atoms with Gasteiger partial charge in [0.15, 0.2) is 0 Å². The number of nitrogens with zero attached hydrogens (tertiary/aromatic N) is 1. The van der Waals surface area contributed by atoms with Gasteiger partial charge in [-0.05, 0) is 37.6 Å². The summed E-state index contributed by atoms with van der Waals surface area (Å²) in [5, 5.41) is 5.27. The molecule has 0 aliphatic rings. The zero-order valence-corrected chi connectivity index (χ0v) is 17.1. The minimum absolute atomic E-state index is 0. The maximum absolute atomic E-state index is 12.3. The smallest absolute Gasteiger partial charge is 0.275 e. The van der Waals surface area contributed by atoms with E-state index in [2.05, 4.69) is 15.0 Å². The average Bonchev–Trinajstić information content (AvgIpc) is 3.00. The van der Waals surface area contributed by atoms with Crippen molar-refractivity contribution >= 4 is 51.0 Å². The van der Waals surface area contributed by atoms with Gasteiger partial charge in [-0.2, -0.15) is 0 Å². The van der Waals surface area contributed by atoms with Gasteiger partial charge >= 0.3 is 0 Å². The molecule has 0 aliphatic carbocycles. The first-order valence-corrected chi connectivity index (χ1v) is 10.5. The van der Waals surface area contributed by atoms with Gasteiger partial charge in [-0.25, -0.2) is 13.4 Å². The van der Waals surface area contributed by atoms with E-state index in [-0.39, 0.29) is 24.1 Å². The molecule has 4 N–H and O–H groups in total. The predicted molar refractivity (Wildman–Crippen MR) is 109 cm³/mol. The molecule has 0 atom stereocenters. The van der Waals surface area contributed by atoms with Crippen molar-refractivity contribution in [1.82, 2.24) is 4.98 Å². The Labute approximate surface area is 163 Å². The van der Waals surface area contributed by atoms with Crippen LogP contribution in [0.3, 0.4) is 0 Å². The molecule has 0 unspecified atom stereocenters. The number of thiazole rings is 1. The van der Waals surface area contributed by atoms with Crippen LogP contribution in [0.5, 0.6) is 0 Å². The van der Waals surface area contributed by atoms with Crippen LogP contribution < -0.4 is 15.8 Å². The van der Waals surface area contributed by atoms with Crippen LogP contribution in [0, 0.1) is 6.92 Å². The molecule has 1 heterocycles. The standard InChI is InChI=1S/C16H22N4O3S2.ClH/c1-3-9-25(22,23)20-13-6-4-5-12(11(13)2)19-16(21)14-10-24-15(18-14)7-8-17;/h4-6,10,20H,3,7-9,17H2,1-2H3,(H,19,21);1H. The lowest BCUT2D eigenvalue weighted by Gasteiger charge is -2.13. The number of benzene rings is 1. The minimum Gasteiger partial charge on any atom is -0.330 e. The molecule has 0 radical (unpaired) electrons.